The van der Waals surface area contributed by atoms with Gasteiger partial charge in [-0.05, 0) is 113 Å². The molecule has 1 nitrogen and oxygen atoms in total. The maximum absolute atomic E-state index is 2.52. The van der Waals surface area contributed by atoms with Crippen LogP contribution in [0.2, 0.25) is 0 Å². The van der Waals surface area contributed by atoms with Gasteiger partial charge in [0.1, 0.15) is 0 Å². The summed E-state index contributed by atoms with van der Waals surface area (Å²) in [6, 6.07) is 46.4. The van der Waals surface area contributed by atoms with Gasteiger partial charge in [0.15, 0.2) is 0 Å². The lowest BCUT2D eigenvalue weighted by atomic mass is 9.71. The van der Waals surface area contributed by atoms with E-state index in [9.17, 15) is 0 Å². The van der Waals surface area contributed by atoms with Gasteiger partial charge < -0.3 is 4.90 Å². The lowest BCUT2D eigenvalue weighted by molar-refractivity contribution is 0.545. The monoisotopic (exact) mass is 721 g/mol. The first-order valence-corrected chi connectivity index (χ1v) is 20.3. The van der Waals surface area contributed by atoms with Crippen LogP contribution in [0, 0.1) is 0 Å². The lowest BCUT2D eigenvalue weighted by Crippen LogP contribution is -2.25. The topological polar surface area (TPSA) is 3.24 Å². The number of benzene rings is 6. The summed E-state index contributed by atoms with van der Waals surface area (Å²) >= 11 is 0. The number of rotatable bonds is 4. The first-order valence-electron chi connectivity index (χ1n) is 20.3. The fourth-order valence-electron chi connectivity index (χ4n) is 9.40. The van der Waals surface area contributed by atoms with Crippen molar-refractivity contribution in [2.45, 2.75) is 117 Å². The Morgan fingerprint density at radius 1 is 0.400 bits per heavy atom. The molecule has 0 N–H and O–H groups in total. The van der Waals surface area contributed by atoms with E-state index in [1.165, 1.54) is 89.4 Å². The number of fused-ring (bicyclic) bond motifs is 6. The van der Waals surface area contributed by atoms with E-state index in [0.29, 0.717) is 0 Å². The predicted octanol–water partition coefficient (Wildman–Crippen LogP) is 15.3. The summed E-state index contributed by atoms with van der Waals surface area (Å²) in [6.45, 7) is 30.8. The molecule has 0 atom stereocenters. The average molecular weight is 722 g/mol. The molecule has 0 heterocycles. The van der Waals surface area contributed by atoms with Crippen molar-refractivity contribution in [3.63, 3.8) is 0 Å². The third-order valence-corrected chi connectivity index (χ3v) is 12.7. The maximum atomic E-state index is 2.52. The van der Waals surface area contributed by atoms with Gasteiger partial charge in [0.2, 0.25) is 0 Å². The molecule has 0 spiro atoms. The van der Waals surface area contributed by atoms with E-state index in [1.54, 1.807) is 0 Å². The number of para-hydroxylation sites is 1. The van der Waals surface area contributed by atoms with Gasteiger partial charge in [-0.2, -0.15) is 0 Å². The van der Waals surface area contributed by atoms with Crippen molar-refractivity contribution in [1.29, 1.82) is 0 Å². The molecule has 1 heteroatoms. The Balaban J connectivity index is 1.35. The molecule has 8 rings (SSSR count). The minimum absolute atomic E-state index is 0.0105. The molecule has 0 aliphatic heterocycles. The Morgan fingerprint density at radius 2 is 0.909 bits per heavy atom. The summed E-state index contributed by atoms with van der Waals surface area (Å²) in [5.41, 5.74) is 21.2. The second-order valence-electron chi connectivity index (χ2n) is 20.4. The van der Waals surface area contributed by atoms with Gasteiger partial charge in [-0.15, -0.1) is 0 Å². The fraction of sp³-hybridized carbons (Fsp3) is 0.333. The van der Waals surface area contributed by atoms with Gasteiger partial charge in [-0.3, -0.25) is 0 Å². The van der Waals surface area contributed by atoms with Crippen LogP contribution in [0.3, 0.4) is 0 Å². The second-order valence-corrected chi connectivity index (χ2v) is 20.4. The van der Waals surface area contributed by atoms with Gasteiger partial charge in [-0.25, -0.2) is 0 Å². The minimum atomic E-state index is -0.170. The molecule has 0 bridgehead atoms. The van der Waals surface area contributed by atoms with Gasteiger partial charge >= 0.3 is 0 Å². The third kappa shape index (κ3) is 5.97. The molecule has 280 valence electrons. The van der Waals surface area contributed by atoms with Crippen molar-refractivity contribution >= 4 is 17.1 Å². The van der Waals surface area contributed by atoms with Crippen molar-refractivity contribution in [2.24, 2.45) is 0 Å². The van der Waals surface area contributed by atoms with Crippen molar-refractivity contribution in [1.82, 2.24) is 0 Å². The van der Waals surface area contributed by atoms with Crippen LogP contribution >= 0.6 is 0 Å². The zero-order valence-electron chi connectivity index (χ0n) is 35.5. The molecule has 2 aliphatic rings. The van der Waals surface area contributed by atoms with Crippen molar-refractivity contribution in [2.75, 3.05) is 4.90 Å². The van der Waals surface area contributed by atoms with E-state index in [2.05, 4.69) is 216 Å². The molecule has 2 aliphatic carbocycles. The van der Waals surface area contributed by atoms with Crippen LogP contribution in [0.1, 0.15) is 129 Å². The Hall–Kier alpha value is -4.88. The normalized spacial score (nSPS) is 15.3. The van der Waals surface area contributed by atoms with Crippen molar-refractivity contribution in [3.8, 4) is 33.4 Å². The SMILES string of the molecule is CC(C)(C)c1cc2c(c(C(C)(C)C)c1)C(C)(C)c1cc(N(c3ccc4c(c3)C(C)(C)c3cc(C(C)(C)C)ccc3-4)c3ccccc3-c3ccccc3)ccc1-2. The molecule has 55 heavy (non-hydrogen) atoms. The number of hydrogen-bond acceptors (Lipinski definition) is 1. The van der Waals surface area contributed by atoms with Crippen LogP contribution in [-0.2, 0) is 27.1 Å². The third-order valence-electron chi connectivity index (χ3n) is 12.7. The van der Waals surface area contributed by atoms with Gasteiger partial charge in [0, 0.05) is 27.8 Å². The Bertz CT molecular complexity index is 2470. The summed E-state index contributed by atoms with van der Waals surface area (Å²) in [7, 11) is 0. The van der Waals surface area contributed by atoms with Crippen LogP contribution in [-0.4, -0.2) is 0 Å². The van der Waals surface area contributed by atoms with Crippen LogP contribution in [0.5, 0.6) is 0 Å². The van der Waals surface area contributed by atoms with Crippen LogP contribution in [0.15, 0.2) is 121 Å². The molecule has 0 unspecified atom stereocenters. The highest BCUT2D eigenvalue weighted by Crippen LogP contribution is 2.56. The molecule has 0 radical (unpaired) electrons. The summed E-state index contributed by atoms with van der Waals surface area (Å²) in [4.78, 5) is 2.52. The highest BCUT2D eigenvalue weighted by Gasteiger charge is 2.42. The molecule has 0 fully saturated rings. The largest absolute Gasteiger partial charge is 0.310 e. The summed E-state index contributed by atoms with van der Waals surface area (Å²) < 4.78 is 0. The van der Waals surface area contributed by atoms with Gasteiger partial charge in [0.05, 0.1) is 5.69 Å². The number of nitrogens with zero attached hydrogens (tertiary/aromatic N) is 1. The van der Waals surface area contributed by atoms with Gasteiger partial charge in [-0.1, -0.05) is 181 Å². The van der Waals surface area contributed by atoms with Crippen molar-refractivity contribution < 1.29 is 0 Å². The fourth-order valence-corrected chi connectivity index (χ4v) is 9.40. The molecule has 0 amide bonds. The van der Waals surface area contributed by atoms with E-state index >= 15 is 0 Å². The molecule has 6 aromatic carbocycles. The summed E-state index contributed by atoms with van der Waals surface area (Å²) in [6.07, 6.45) is 0. The first kappa shape index (κ1) is 37.1. The number of anilines is 3. The molecular weight excluding hydrogens is 663 g/mol. The highest BCUT2D eigenvalue weighted by molar-refractivity contribution is 5.92. The maximum Gasteiger partial charge on any atom is 0.0540 e. The zero-order chi connectivity index (χ0) is 39.5. The molecule has 0 saturated heterocycles. The van der Waals surface area contributed by atoms with E-state index < -0.39 is 0 Å². The second kappa shape index (κ2) is 12.3. The van der Waals surface area contributed by atoms with E-state index in [-0.39, 0.29) is 27.1 Å². The molecule has 6 aromatic rings. The Labute approximate surface area is 331 Å². The molecule has 0 saturated carbocycles. The highest BCUT2D eigenvalue weighted by atomic mass is 15.1. The summed E-state index contributed by atoms with van der Waals surface area (Å²) in [5, 5.41) is 0. The quantitative estimate of drug-likeness (QED) is 0.175. The van der Waals surface area contributed by atoms with Crippen LogP contribution < -0.4 is 4.90 Å². The van der Waals surface area contributed by atoms with E-state index in [4.69, 9.17) is 0 Å². The van der Waals surface area contributed by atoms with Gasteiger partial charge in [0.25, 0.3) is 0 Å². The standard InChI is InChI=1S/C54H59N/c1-50(2,3)35-23-26-40-41-27-24-37(32-45(41)53(10,11)44(40)30-35)55(48-22-18-17-21-39(48)34-19-15-14-16-20-34)38-25-28-42-43-29-36(51(4,5)6)31-47(52(7,8)9)49(43)54(12,13)46(42)33-38/h14-33H,1-13H3. The van der Waals surface area contributed by atoms with Crippen molar-refractivity contribution in [3.05, 3.63) is 160 Å². The molecular formula is C54H59N. The number of hydrogen-bond donors (Lipinski definition) is 0. The lowest BCUT2D eigenvalue weighted by Gasteiger charge is -2.33. The summed E-state index contributed by atoms with van der Waals surface area (Å²) in [5.74, 6) is 0. The van der Waals surface area contributed by atoms with E-state index in [0.717, 1.165) is 0 Å². The predicted molar refractivity (Wildman–Crippen MR) is 238 cm³/mol. The Kier molecular flexibility index (Phi) is 8.30. The minimum Gasteiger partial charge on any atom is -0.310 e. The van der Waals surface area contributed by atoms with Crippen LogP contribution in [0.25, 0.3) is 33.4 Å². The van der Waals surface area contributed by atoms with E-state index in [1.807, 2.05) is 0 Å². The average Bonchev–Trinajstić information content (AvgIpc) is 3.49. The Morgan fingerprint density at radius 3 is 1.49 bits per heavy atom. The van der Waals surface area contributed by atoms with Crippen LogP contribution in [0.4, 0.5) is 17.1 Å². The first-order chi connectivity index (χ1) is 25.7. The smallest absolute Gasteiger partial charge is 0.0540 e. The zero-order valence-corrected chi connectivity index (χ0v) is 35.5. The molecule has 0 aromatic heterocycles.